The van der Waals surface area contributed by atoms with Crippen LogP contribution in [0.1, 0.15) is 21.5 Å². The highest BCUT2D eigenvalue weighted by Gasteiger charge is 2.22. The SMILES string of the molecule is Cc1cccc(-c2nnc(-c3ccc(C(=O)NCC4Cc5ccccc5O4)cc3)o2)c1. The molecule has 1 atom stereocenters. The van der Waals surface area contributed by atoms with Crippen molar-refractivity contribution in [2.45, 2.75) is 19.4 Å². The van der Waals surface area contributed by atoms with E-state index < -0.39 is 0 Å². The average Bonchev–Trinajstić information content (AvgIpc) is 3.45. The number of amides is 1. The number of aromatic nitrogens is 2. The van der Waals surface area contributed by atoms with Crippen LogP contribution in [0.4, 0.5) is 0 Å². The van der Waals surface area contributed by atoms with Crippen molar-refractivity contribution in [1.82, 2.24) is 15.5 Å². The van der Waals surface area contributed by atoms with Gasteiger partial charge in [-0.05, 0) is 55.0 Å². The van der Waals surface area contributed by atoms with Gasteiger partial charge in [-0.25, -0.2) is 0 Å². The molecule has 6 heteroatoms. The zero-order valence-corrected chi connectivity index (χ0v) is 17.0. The van der Waals surface area contributed by atoms with E-state index in [4.69, 9.17) is 9.15 Å². The third-order valence-corrected chi connectivity index (χ3v) is 5.29. The first kappa shape index (κ1) is 19.1. The minimum absolute atomic E-state index is 0.0425. The highest BCUT2D eigenvalue weighted by atomic mass is 16.5. The van der Waals surface area contributed by atoms with Crippen molar-refractivity contribution in [3.63, 3.8) is 0 Å². The number of hydrogen-bond donors (Lipinski definition) is 1. The summed E-state index contributed by atoms with van der Waals surface area (Å²) >= 11 is 0. The average molecular weight is 411 g/mol. The molecule has 0 bridgehead atoms. The van der Waals surface area contributed by atoms with Crippen molar-refractivity contribution >= 4 is 5.91 Å². The molecule has 1 aromatic heterocycles. The molecular weight excluding hydrogens is 390 g/mol. The van der Waals surface area contributed by atoms with Gasteiger partial charge >= 0.3 is 0 Å². The van der Waals surface area contributed by atoms with E-state index in [9.17, 15) is 4.79 Å². The number of ether oxygens (including phenoxy) is 1. The second kappa shape index (κ2) is 8.07. The summed E-state index contributed by atoms with van der Waals surface area (Å²) in [6.45, 7) is 2.47. The maximum Gasteiger partial charge on any atom is 0.251 e. The van der Waals surface area contributed by atoms with Crippen molar-refractivity contribution in [2.24, 2.45) is 0 Å². The number of para-hydroxylation sites is 1. The third-order valence-electron chi connectivity index (χ3n) is 5.29. The maximum absolute atomic E-state index is 12.5. The van der Waals surface area contributed by atoms with E-state index in [1.807, 2.05) is 61.5 Å². The first-order valence-electron chi connectivity index (χ1n) is 10.2. The number of benzene rings is 3. The van der Waals surface area contributed by atoms with Gasteiger partial charge in [-0.1, -0.05) is 35.9 Å². The number of aryl methyl sites for hydroxylation is 1. The van der Waals surface area contributed by atoms with Gasteiger partial charge in [-0.3, -0.25) is 4.79 Å². The van der Waals surface area contributed by atoms with E-state index in [1.165, 1.54) is 5.56 Å². The first-order chi connectivity index (χ1) is 15.2. The molecule has 6 nitrogen and oxygen atoms in total. The van der Waals surface area contributed by atoms with Gasteiger partial charge in [0.05, 0.1) is 6.54 Å². The summed E-state index contributed by atoms with van der Waals surface area (Å²) in [5, 5.41) is 11.2. The zero-order chi connectivity index (χ0) is 21.2. The van der Waals surface area contributed by atoms with Gasteiger partial charge in [-0.2, -0.15) is 0 Å². The molecule has 1 unspecified atom stereocenters. The van der Waals surface area contributed by atoms with Crippen LogP contribution in [0, 0.1) is 6.92 Å². The normalized spacial score (nSPS) is 14.7. The second-order valence-corrected chi connectivity index (χ2v) is 7.62. The third kappa shape index (κ3) is 4.05. The van der Waals surface area contributed by atoms with Gasteiger partial charge in [-0.15, -0.1) is 10.2 Å². The largest absolute Gasteiger partial charge is 0.488 e. The molecule has 0 fully saturated rings. The molecule has 0 spiro atoms. The summed E-state index contributed by atoms with van der Waals surface area (Å²) in [6, 6.07) is 23.0. The molecule has 0 radical (unpaired) electrons. The molecule has 1 aliphatic rings. The van der Waals surface area contributed by atoms with Gasteiger partial charge in [0.25, 0.3) is 5.91 Å². The predicted molar refractivity (Wildman–Crippen MR) is 117 cm³/mol. The van der Waals surface area contributed by atoms with E-state index in [2.05, 4.69) is 21.6 Å². The molecule has 2 heterocycles. The van der Waals surface area contributed by atoms with Gasteiger partial charge in [0.15, 0.2) is 0 Å². The molecule has 3 aromatic carbocycles. The summed E-state index contributed by atoms with van der Waals surface area (Å²) in [4.78, 5) is 12.5. The predicted octanol–water partition coefficient (Wildman–Crippen LogP) is 4.45. The minimum atomic E-state index is -0.142. The number of carbonyl (C=O) groups excluding carboxylic acids is 1. The Bertz CT molecular complexity index is 1210. The standard InChI is InChI=1S/C25H21N3O3/c1-16-5-4-7-20(13-16)25-28-27-24(31-25)18-11-9-17(10-12-18)23(29)26-15-21-14-19-6-2-3-8-22(19)30-21/h2-13,21H,14-15H2,1H3,(H,26,29). The van der Waals surface area contributed by atoms with E-state index >= 15 is 0 Å². The maximum atomic E-state index is 12.5. The lowest BCUT2D eigenvalue weighted by molar-refractivity contribution is 0.0933. The number of nitrogens with one attached hydrogen (secondary N) is 1. The Morgan fingerprint density at radius 1 is 0.968 bits per heavy atom. The number of carbonyl (C=O) groups is 1. The van der Waals surface area contributed by atoms with Crippen LogP contribution in [-0.2, 0) is 6.42 Å². The van der Waals surface area contributed by atoms with E-state index in [0.29, 0.717) is 23.9 Å². The van der Waals surface area contributed by atoms with Crippen LogP contribution < -0.4 is 10.1 Å². The smallest absolute Gasteiger partial charge is 0.251 e. The molecule has 154 valence electrons. The quantitative estimate of drug-likeness (QED) is 0.525. The van der Waals surface area contributed by atoms with Crippen molar-refractivity contribution in [2.75, 3.05) is 6.54 Å². The molecular formula is C25H21N3O3. The lowest BCUT2D eigenvalue weighted by Gasteiger charge is -2.12. The second-order valence-electron chi connectivity index (χ2n) is 7.62. The van der Waals surface area contributed by atoms with E-state index in [-0.39, 0.29) is 12.0 Å². The molecule has 4 aromatic rings. The van der Waals surface area contributed by atoms with Crippen LogP contribution in [0.3, 0.4) is 0 Å². The van der Waals surface area contributed by atoms with E-state index in [0.717, 1.165) is 28.9 Å². The summed E-state index contributed by atoms with van der Waals surface area (Å²) in [5.41, 5.74) is 4.51. The zero-order valence-electron chi connectivity index (χ0n) is 17.0. The van der Waals surface area contributed by atoms with Gasteiger partial charge in [0.1, 0.15) is 11.9 Å². The lowest BCUT2D eigenvalue weighted by Crippen LogP contribution is -2.34. The van der Waals surface area contributed by atoms with Crippen LogP contribution in [0.15, 0.2) is 77.2 Å². The number of rotatable bonds is 5. The summed E-state index contributed by atoms with van der Waals surface area (Å²) < 4.78 is 11.7. The fraction of sp³-hybridized carbons (Fsp3) is 0.160. The van der Waals surface area contributed by atoms with Crippen LogP contribution in [0.25, 0.3) is 22.9 Å². The van der Waals surface area contributed by atoms with Crippen molar-refractivity contribution in [3.8, 4) is 28.7 Å². The number of nitrogens with zero attached hydrogens (tertiary/aromatic N) is 2. The van der Waals surface area contributed by atoms with Gasteiger partial charge in [0.2, 0.25) is 11.8 Å². The highest BCUT2D eigenvalue weighted by molar-refractivity contribution is 5.94. The molecule has 31 heavy (non-hydrogen) atoms. The van der Waals surface area contributed by atoms with Crippen LogP contribution in [0.5, 0.6) is 5.75 Å². The molecule has 0 aliphatic carbocycles. The summed E-state index contributed by atoms with van der Waals surface area (Å²) in [7, 11) is 0. The number of fused-ring (bicyclic) bond motifs is 1. The number of hydrogen-bond acceptors (Lipinski definition) is 5. The summed E-state index contributed by atoms with van der Waals surface area (Å²) in [6.07, 6.45) is 0.759. The molecule has 1 N–H and O–H groups in total. The molecule has 0 saturated heterocycles. The Morgan fingerprint density at radius 3 is 2.52 bits per heavy atom. The Labute approximate surface area is 179 Å². The Hall–Kier alpha value is -3.93. The Kier molecular flexibility index (Phi) is 4.96. The first-order valence-corrected chi connectivity index (χ1v) is 10.2. The Morgan fingerprint density at radius 2 is 1.74 bits per heavy atom. The lowest BCUT2D eigenvalue weighted by atomic mass is 10.1. The fourth-order valence-corrected chi connectivity index (χ4v) is 3.68. The molecule has 1 aliphatic heterocycles. The van der Waals surface area contributed by atoms with Gasteiger partial charge < -0.3 is 14.5 Å². The topological polar surface area (TPSA) is 77.2 Å². The molecule has 0 saturated carbocycles. The van der Waals surface area contributed by atoms with Crippen LogP contribution in [0.2, 0.25) is 0 Å². The van der Waals surface area contributed by atoms with Crippen LogP contribution in [-0.4, -0.2) is 28.8 Å². The minimum Gasteiger partial charge on any atom is -0.488 e. The van der Waals surface area contributed by atoms with Crippen LogP contribution >= 0.6 is 0 Å². The van der Waals surface area contributed by atoms with E-state index in [1.54, 1.807) is 12.1 Å². The fourth-order valence-electron chi connectivity index (χ4n) is 3.68. The highest BCUT2D eigenvalue weighted by Crippen LogP contribution is 2.28. The van der Waals surface area contributed by atoms with Crippen molar-refractivity contribution < 1.29 is 13.9 Å². The van der Waals surface area contributed by atoms with Crippen molar-refractivity contribution in [3.05, 3.63) is 89.5 Å². The van der Waals surface area contributed by atoms with Crippen molar-refractivity contribution in [1.29, 1.82) is 0 Å². The monoisotopic (exact) mass is 411 g/mol. The molecule has 5 rings (SSSR count). The molecule has 1 amide bonds. The Balaban J connectivity index is 1.22. The summed E-state index contributed by atoms with van der Waals surface area (Å²) in [5.74, 6) is 1.64. The van der Waals surface area contributed by atoms with Gasteiger partial charge in [0, 0.05) is 23.1 Å².